The largest absolute Gasteiger partial charge is 0.497 e. The monoisotopic (exact) mass is 317 g/mol. The first kappa shape index (κ1) is 16.1. The summed E-state index contributed by atoms with van der Waals surface area (Å²) in [6.45, 7) is 0. The molecule has 0 aromatic heterocycles. The Kier molecular flexibility index (Phi) is 4.85. The third-order valence-electron chi connectivity index (χ3n) is 4.30. The minimum absolute atomic E-state index is 0.190. The molecule has 2 heteroatoms. The highest BCUT2D eigenvalue weighted by Gasteiger charge is 2.20. The van der Waals surface area contributed by atoms with Gasteiger partial charge in [-0.15, -0.1) is 0 Å². The molecule has 0 bridgehead atoms. The molecule has 0 atom stereocenters. The molecular weight excluding hydrogens is 294 g/mol. The third kappa shape index (κ3) is 3.28. The van der Waals surface area contributed by atoms with Crippen LogP contribution in [0.5, 0.6) is 5.75 Å². The van der Waals surface area contributed by atoms with E-state index in [-0.39, 0.29) is 5.92 Å². The zero-order valence-electron chi connectivity index (χ0n) is 14.4. The molecule has 0 fully saturated rings. The molecule has 0 aliphatic carbocycles. The van der Waals surface area contributed by atoms with E-state index in [0.717, 1.165) is 5.75 Å². The zero-order valence-corrected chi connectivity index (χ0v) is 14.4. The van der Waals surface area contributed by atoms with Crippen molar-refractivity contribution in [1.82, 2.24) is 0 Å². The Bertz CT molecular complexity index is 742. The van der Waals surface area contributed by atoms with Gasteiger partial charge in [0.25, 0.3) is 0 Å². The van der Waals surface area contributed by atoms with Crippen LogP contribution in [0.4, 0.5) is 5.69 Å². The minimum Gasteiger partial charge on any atom is -0.497 e. The summed E-state index contributed by atoms with van der Waals surface area (Å²) in [6.07, 6.45) is 0. The van der Waals surface area contributed by atoms with Gasteiger partial charge in [0.1, 0.15) is 5.75 Å². The fraction of sp³-hybridized carbons (Fsp3) is 0.182. The molecule has 0 amide bonds. The van der Waals surface area contributed by atoms with Crippen LogP contribution in [0.2, 0.25) is 0 Å². The molecule has 3 rings (SSSR count). The van der Waals surface area contributed by atoms with E-state index in [0.29, 0.717) is 0 Å². The first-order valence-electron chi connectivity index (χ1n) is 8.16. The average Bonchev–Trinajstić information content (AvgIpc) is 2.64. The Hall–Kier alpha value is -2.74. The van der Waals surface area contributed by atoms with Crippen molar-refractivity contribution in [2.24, 2.45) is 0 Å². The van der Waals surface area contributed by atoms with Gasteiger partial charge in [0.15, 0.2) is 0 Å². The van der Waals surface area contributed by atoms with Crippen LogP contribution in [-0.2, 0) is 0 Å². The number of ether oxygens (including phenoxy) is 1. The van der Waals surface area contributed by atoms with E-state index in [1.165, 1.54) is 22.4 Å². The maximum Gasteiger partial charge on any atom is 0.120 e. The van der Waals surface area contributed by atoms with Crippen LogP contribution in [0.25, 0.3) is 0 Å². The van der Waals surface area contributed by atoms with Crippen LogP contribution in [0.15, 0.2) is 78.9 Å². The minimum atomic E-state index is 0.190. The molecule has 0 heterocycles. The standard InChI is InChI=1S/C22H23NO/c1-23(2)21-16-19(24-3)14-15-20(21)22(17-10-6-4-7-11-17)18-12-8-5-9-13-18/h4-16,22H,1-3H3. The molecule has 122 valence electrons. The van der Waals surface area contributed by atoms with E-state index in [2.05, 4.69) is 91.8 Å². The summed E-state index contributed by atoms with van der Waals surface area (Å²) in [5.41, 5.74) is 5.03. The van der Waals surface area contributed by atoms with E-state index >= 15 is 0 Å². The highest BCUT2D eigenvalue weighted by atomic mass is 16.5. The summed E-state index contributed by atoms with van der Waals surface area (Å²) in [7, 11) is 5.86. The van der Waals surface area contributed by atoms with Crippen LogP contribution in [-0.4, -0.2) is 21.2 Å². The van der Waals surface area contributed by atoms with Gasteiger partial charge in [-0.25, -0.2) is 0 Å². The van der Waals surface area contributed by atoms with Crippen molar-refractivity contribution >= 4 is 5.69 Å². The van der Waals surface area contributed by atoms with Gasteiger partial charge in [-0.3, -0.25) is 0 Å². The van der Waals surface area contributed by atoms with Crippen molar-refractivity contribution in [2.45, 2.75) is 5.92 Å². The molecule has 0 unspecified atom stereocenters. The van der Waals surface area contributed by atoms with Crippen LogP contribution in [0, 0.1) is 0 Å². The average molecular weight is 317 g/mol. The maximum atomic E-state index is 5.42. The first-order chi connectivity index (χ1) is 11.7. The maximum absolute atomic E-state index is 5.42. The number of methoxy groups -OCH3 is 1. The number of hydrogen-bond donors (Lipinski definition) is 0. The van der Waals surface area contributed by atoms with Gasteiger partial charge in [-0.2, -0.15) is 0 Å². The summed E-state index contributed by atoms with van der Waals surface area (Å²) in [5, 5.41) is 0. The highest BCUT2D eigenvalue weighted by molar-refractivity contribution is 5.62. The van der Waals surface area contributed by atoms with Gasteiger partial charge in [-0.05, 0) is 22.8 Å². The number of anilines is 1. The fourth-order valence-corrected chi connectivity index (χ4v) is 3.12. The van der Waals surface area contributed by atoms with E-state index in [9.17, 15) is 0 Å². The molecule has 0 aliphatic rings. The Morgan fingerprint density at radius 2 is 1.29 bits per heavy atom. The summed E-state index contributed by atoms with van der Waals surface area (Å²) < 4.78 is 5.42. The predicted octanol–water partition coefficient (Wildman–Crippen LogP) is 4.94. The lowest BCUT2D eigenvalue weighted by Gasteiger charge is -2.25. The quantitative estimate of drug-likeness (QED) is 0.618. The molecule has 24 heavy (non-hydrogen) atoms. The van der Waals surface area contributed by atoms with E-state index < -0.39 is 0 Å². The van der Waals surface area contributed by atoms with Crippen molar-refractivity contribution in [1.29, 1.82) is 0 Å². The number of benzene rings is 3. The second kappa shape index (κ2) is 7.22. The molecule has 0 saturated carbocycles. The first-order valence-corrected chi connectivity index (χ1v) is 8.16. The van der Waals surface area contributed by atoms with Crippen molar-refractivity contribution < 1.29 is 4.74 Å². The molecule has 0 spiro atoms. The molecule has 0 N–H and O–H groups in total. The Balaban J connectivity index is 2.20. The van der Waals surface area contributed by atoms with Gasteiger partial charge in [0.2, 0.25) is 0 Å². The van der Waals surface area contributed by atoms with Crippen LogP contribution in [0.3, 0.4) is 0 Å². The SMILES string of the molecule is COc1ccc(C(c2ccccc2)c2ccccc2)c(N(C)C)c1. The molecule has 0 aliphatic heterocycles. The molecule has 2 nitrogen and oxygen atoms in total. The third-order valence-corrected chi connectivity index (χ3v) is 4.30. The molecule has 3 aromatic rings. The summed E-state index contributed by atoms with van der Waals surface area (Å²) >= 11 is 0. The Morgan fingerprint density at radius 3 is 1.75 bits per heavy atom. The summed E-state index contributed by atoms with van der Waals surface area (Å²) in [6, 6.07) is 27.6. The van der Waals surface area contributed by atoms with Gasteiger partial charge in [0, 0.05) is 31.8 Å². The van der Waals surface area contributed by atoms with Crippen molar-refractivity contribution in [2.75, 3.05) is 26.1 Å². The van der Waals surface area contributed by atoms with Crippen molar-refractivity contribution in [3.63, 3.8) is 0 Å². The molecule has 0 saturated heterocycles. The Labute approximate surface area is 144 Å². The summed E-state index contributed by atoms with van der Waals surface area (Å²) in [5.74, 6) is 1.07. The van der Waals surface area contributed by atoms with Gasteiger partial charge in [0.05, 0.1) is 7.11 Å². The van der Waals surface area contributed by atoms with Gasteiger partial charge >= 0.3 is 0 Å². The molecule has 3 aromatic carbocycles. The van der Waals surface area contributed by atoms with Gasteiger partial charge < -0.3 is 9.64 Å². The molecular formula is C22H23NO. The van der Waals surface area contributed by atoms with Crippen LogP contribution >= 0.6 is 0 Å². The van der Waals surface area contributed by atoms with Crippen molar-refractivity contribution in [3.8, 4) is 5.75 Å². The molecule has 0 radical (unpaired) electrons. The normalized spacial score (nSPS) is 10.7. The van der Waals surface area contributed by atoms with E-state index in [1.807, 2.05) is 6.07 Å². The topological polar surface area (TPSA) is 12.5 Å². The summed E-state index contributed by atoms with van der Waals surface area (Å²) in [4.78, 5) is 2.15. The smallest absolute Gasteiger partial charge is 0.120 e. The van der Waals surface area contributed by atoms with Crippen molar-refractivity contribution in [3.05, 3.63) is 95.6 Å². The predicted molar refractivity (Wildman–Crippen MR) is 101 cm³/mol. The lowest BCUT2D eigenvalue weighted by atomic mass is 9.84. The lowest BCUT2D eigenvalue weighted by Crippen LogP contribution is -2.14. The van der Waals surface area contributed by atoms with Crippen LogP contribution in [0.1, 0.15) is 22.6 Å². The van der Waals surface area contributed by atoms with E-state index in [4.69, 9.17) is 4.74 Å². The number of hydrogen-bond acceptors (Lipinski definition) is 2. The highest BCUT2D eigenvalue weighted by Crippen LogP contribution is 2.38. The second-order valence-corrected chi connectivity index (χ2v) is 6.07. The zero-order chi connectivity index (χ0) is 16.9. The second-order valence-electron chi connectivity index (χ2n) is 6.07. The van der Waals surface area contributed by atoms with E-state index in [1.54, 1.807) is 7.11 Å². The number of nitrogens with zero attached hydrogens (tertiary/aromatic N) is 1. The lowest BCUT2D eigenvalue weighted by molar-refractivity contribution is 0.414. The van der Waals surface area contributed by atoms with Crippen LogP contribution < -0.4 is 9.64 Å². The Morgan fingerprint density at radius 1 is 0.750 bits per heavy atom. The fourth-order valence-electron chi connectivity index (χ4n) is 3.12. The number of rotatable bonds is 5. The van der Waals surface area contributed by atoms with Gasteiger partial charge in [-0.1, -0.05) is 66.7 Å².